The summed E-state index contributed by atoms with van der Waals surface area (Å²) in [5, 5.41) is 13.1. The number of hydrogen-bond acceptors (Lipinski definition) is 6. The highest BCUT2D eigenvalue weighted by Gasteiger charge is 2.44. The summed E-state index contributed by atoms with van der Waals surface area (Å²) in [5.41, 5.74) is 5.57. The third kappa shape index (κ3) is 3.02. The van der Waals surface area contributed by atoms with Gasteiger partial charge in [0.05, 0.1) is 6.61 Å². The van der Waals surface area contributed by atoms with E-state index in [1.54, 1.807) is 0 Å². The zero-order valence-corrected chi connectivity index (χ0v) is 12.6. The number of ether oxygens (including phenoxy) is 1. The van der Waals surface area contributed by atoms with Gasteiger partial charge < -0.3 is 20.1 Å². The Morgan fingerprint density at radius 1 is 1.35 bits per heavy atom. The lowest BCUT2D eigenvalue weighted by Crippen LogP contribution is -2.38. The largest absolute Gasteiger partial charge is 0.394 e. The fourth-order valence-electron chi connectivity index (χ4n) is 2.69. The molecule has 1 fully saturated rings. The Bertz CT molecular complexity index is 435. The van der Waals surface area contributed by atoms with Gasteiger partial charge in [-0.25, -0.2) is 0 Å². The normalized spacial score (nSPS) is 22.6. The number of rotatable bonds is 5. The van der Waals surface area contributed by atoms with Gasteiger partial charge in [-0.15, -0.1) is 0 Å². The minimum Gasteiger partial charge on any atom is -0.394 e. The van der Waals surface area contributed by atoms with Crippen molar-refractivity contribution < 1.29 is 14.4 Å². The number of nitrogens with zero attached hydrogens (tertiary/aromatic N) is 2. The van der Waals surface area contributed by atoms with E-state index in [0.717, 1.165) is 25.7 Å². The summed E-state index contributed by atoms with van der Waals surface area (Å²) in [6, 6.07) is -0.630. The summed E-state index contributed by atoms with van der Waals surface area (Å²) >= 11 is 0. The van der Waals surface area contributed by atoms with Crippen LogP contribution in [0.1, 0.15) is 64.2 Å². The van der Waals surface area contributed by atoms with Crippen molar-refractivity contribution in [2.24, 2.45) is 11.1 Å². The van der Waals surface area contributed by atoms with Crippen LogP contribution in [0, 0.1) is 5.41 Å². The van der Waals surface area contributed by atoms with Gasteiger partial charge in [0.25, 0.3) is 0 Å². The molecule has 1 saturated carbocycles. The van der Waals surface area contributed by atoms with Crippen LogP contribution in [0.25, 0.3) is 0 Å². The first-order valence-corrected chi connectivity index (χ1v) is 7.27. The molecule has 0 radical (unpaired) electrons. The number of aliphatic hydroxyl groups is 1. The second-order valence-electron chi connectivity index (χ2n) is 6.34. The smallest absolute Gasteiger partial charge is 0.246 e. The third-order valence-corrected chi connectivity index (χ3v) is 4.20. The summed E-state index contributed by atoms with van der Waals surface area (Å²) in [7, 11) is 0. The Hall–Kier alpha value is -0.980. The maximum atomic E-state index is 9.06. The summed E-state index contributed by atoms with van der Waals surface area (Å²) < 4.78 is 11.2. The molecule has 0 aliphatic heterocycles. The third-order valence-electron chi connectivity index (χ3n) is 4.20. The lowest BCUT2D eigenvalue weighted by Gasteiger charge is -2.41. The molecule has 0 saturated heterocycles. The molecule has 2 rings (SSSR count). The van der Waals surface area contributed by atoms with E-state index in [9.17, 15) is 0 Å². The average Bonchev–Trinajstić information content (AvgIpc) is 2.91. The molecule has 1 atom stereocenters. The van der Waals surface area contributed by atoms with Crippen molar-refractivity contribution in [2.75, 3.05) is 13.2 Å². The highest BCUT2D eigenvalue weighted by molar-refractivity contribution is 5.06. The molecule has 1 aromatic rings. The fraction of sp³-hybridized carbons (Fsp3) is 0.857. The van der Waals surface area contributed by atoms with Crippen LogP contribution in [-0.2, 0) is 10.3 Å². The molecule has 0 bridgehead atoms. The first kappa shape index (κ1) is 15.4. The zero-order valence-electron chi connectivity index (χ0n) is 12.6. The van der Waals surface area contributed by atoms with E-state index in [-0.39, 0.29) is 12.5 Å². The van der Waals surface area contributed by atoms with Crippen molar-refractivity contribution >= 4 is 0 Å². The lowest BCUT2D eigenvalue weighted by molar-refractivity contribution is -0.0957. The first-order chi connectivity index (χ1) is 9.42. The molecule has 1 aromatic heterocycles. The zero-order chi connectivity index (χ0) is 14.8. The molecule has 0 spiro atoms. The quantitative estimate of drug-likeness (QED) is 0.857. The summed E-state index contributed by atoms with van der Waals surface area (Å²) in [5.74, 6) is 0.833. The van der Waals surface area contributed by atoms with E-state index in [4.69, 9.17) is 20.1 Å². The van der Waals surface area contributed by atoms with Crippen LogP contribution >= 0.6 is 0 Å². The Morgan fingerprint density at radius 3 is 2.55 bits per heavy atom. The van der Waals surface area contributed by atoms with Crippen LogP contribution in [0.5, 0.6) is 0 Å². The number of aliphatic hydroxyl groups excluding tert-OH is 1. The van der Waals surface area contributed by atoms with Gasteiger partial charge >= 0.3 is 0 Å². The topological polar surface area (TPSA) is 94.4 Å². The molecular formula is C14H25N3O3. The molecule has 6 nitrogen and oxygen atoms in total. The fourth-order valence-corrected chi connectivity index (χ4v) is 2.69. The first-order valence-electron chi connectivity index (χ1n) is 7.27. The highest BCUT2D eigenvalue weighted by atomic mass is 16.5. The van der Waals surface area contributed by atoms with Gasteiger partial charge in [-0.1, -0.05) is 19.0 Å². The van der Waals surface area contributed by atoms with E-state index in [1.165, 1.54) is 0 Å². The molecule has 0 aromatic carbocycles. The molecule has 114 valence electrons. The second kappa shape index (κ2) is 5.79. The van der Waals surface area contributed by atoms with Crippen LogP contribution in [0.3, 0.4) is 0 Å². The SMILES string of the molecule is CCOC1(c2noc(C(N)CO)n2)CCC(C)(C)CC1. The number of aromatic nitrogens is 2. The molecule has 1 heterocycles. The van der Waals surface area contributed by atoms with Crippen molar-refractivity contribution in [3.63, 3.8) is 0 Å². The van der Waals surface area contributed by atoms with Crippen LogP contribution in [-0.4, -0.2) is 28.5 Å². The Kier molecular flexibility index (Phi) is 4.46. The number of hydrogen-bond donors (Lipinski definition) is 2. The molecule has 6 heteroatoms. The predicted molar refractivity (Wildman–Crippen MR) is 73.9 cm³/mol. The standard InChI is InChI=1S/C14H25N3O3/c1-4-19-14(7-5-13(2,3)6-8-14)12-16-11(20-17-12)10(15)9-18/h10,18H,4-9,15H2,1-3H3. The Morgan fingerprint density at radius 2 is 2.00 bits per heavy atom. The van der Waals surface area contributed by atoms with Gasteiger partial charge in [0.1, 0.15) is 11.6 Å². The predicted octanol–water partition coefficient (Wildman–Crippen LogP) is 1.89. The van der Waals surface area contributed by atoms with Crippen molar-refractivity contribution in [3.05, 3.63) is 11.7 Å². The number of nitrogens with two attached hydrogens (primary N) is 1. The Labute approximate surface area is 119 Å². The van der Waals surface area contributed by atoms with E-state index in [2.05, 4.69) is 24.0 Å². The van der Waals surface area contributed by atoms with Gasteiger partial charge in [-0.05, 0) is 38.0 Å². The van der Waals surface area contributed by atoms with Gasteiger partial charge in [0.15, 0.2) is 0 Å². The van der Waals surface area contributed by atoms with Crippen molar-refractivity contribution in [1.82, 2.24) is 10.1 Å². The summed E-state index contributed by atoms with van der Waals surface area (Å²) in [6.07, 6.45) is 3.87. The Balaban J connectivity index is 2.22. The van der Waals surface area contributed by atoms with Gasteiger partial charge in [0.2, 0.25) is 11.7 Å². The van der Waals surface area contributed by atoms with Gasteiger partial charge in [0, 0.05) is 6.61 Å². The summed E-state index contributed by atoms with van der Waals surface area (Å²) in [4.78, 5) is 4.36. The lowest BCUT2D eigenvalue weighted by atomic mass is 9.70. The molecule has 0 amide bonds. The molecule has 1 unspecified atom stereocenters. The van der Waals surface area contributed by atoms with E-state index in [1.807, 2.05) is 6.92 Å². The van der Waals surface area contributed by atoms with E-state index < -0.39 is 11.6 Å². The van der Waals surface area contributed by atoms with Crippen LogP contribution in [0.4, 0.5) is 0 Å². The van der Waals surface area contributed by atoms with E-state index >= 15 is 0 Å². The van der Waals surface area contributed by atoms with Crippen molar-refractivity contribution in [1.29, 1.82) is 0 Å². The van der Waals surface area contributed by atoms with Crippen molar-refractivity contribution in [3.8, 4) is 0 Å². The average molecular weight is 283 g/mol. The second-order valence-corrected chi connectivity index (χ2v) is 6.34. The molecule has 1 aliphatic carbocycles. The van der Waals surface area contributed by atoms with Crippen LogP contribution in [0.2, 0.25) is 0 Å². The van der Waals surface area contributed by atoms with Gasteiger partial charge in [-0.3, -0.25) is 0 Å². The monoisotopic (exact) mass is 283 g/mol. The minimum absolute atomic E-state index is 0.212. The molecule has 1 aliphatic rings. The highest BCUT2D eigenvalue weighted by Crippen LogP contribution is 2.46. The van der Waals surface area contributed by atoms with Crippen LogP contribution in [0.15, 0.2) is 4.52 Å². The van der Waals surface area contributed by atoms with E-state index in [0.29, 0.717) is 17.8 Å². The minimum atomic E-state index is -0.630. The molecule has 20 heavy (non-hydrogen) atoms. The van der Waals surface area contributed by atoms with Crippen LogP contribution < -0.4 is 5.73 Å². The maximum Gasteiger partial charge on any atom is 0.246 e. The molecule has 3 N–H and O–H groups in total. The van der Waals surface area contributed by atoms with Gasteiger partial charge in [-0.2, -0.15) is 4.98 Å². The summed E-state index contributed by atoms with van der Waals surface area (Å²) in [6.45, 7) is 6.91. The van der Waals surface area contributed by atoms with Crippen molar-refractivity contribution in [2.45, 2.75) is 58.1 Å². The maximum absolute atomic E-state index is 9.06. The molecular weight excluding hydrogens is 258 g/mol.